The monoisotopic (exact) mass is 376 g/mol. The normalized spacial score (nSPS) is 21.5. The third-order valence-electron chi connectivity index (χ3n) is 5.85. The Labute approximate surface area is 164 Å². The van der Waals surface area contributed by atoms with Crippen LogP contribution in [-0.2, 0) is 16.0 Å². The average Bonchev–Trinajstić information content (AvgIpc) is 2.99. The summed E-state index contributed by atoms with van der Waals surface area (Å²) in [6, 6.07) is 14.5. The molecule has 0 bridgehead atoms. The fourth-order valence-corrected chi connectivity index (χ4v) is 4.35. The zero-order valence-corrected chi connectivity index (χ0v) is 16.0. The maximum atomic E-state index is 12.8. The summed E-state index contributed by atoms with van der Waals surface area (Å²) in [5.41, 5.74) is 2.75. The van der Waals surface area contributed by atoms with E-state index in [0.29, 0.717) is 11.3 Å². The van der Waals surface area contributed by atoms with E-state index in [1.165, 1.54) is 4.90 Å². The molecule has 1 saturated heterocycles. The van der Waals surface area contributed by atoms with Crippen LogP contribution in [0.4, 0.5) is 11.4 Å². The van der Waals surface area contributed by atoms with Gasteiger partial charge in [-0.3, -0.25) is 19.3 Å². The SMILES string of the molecule is CCc1ccccc1NC(=O)c1cccc(N2C(=O)[C@H]3CCCC[C@@H]3C2=O)c1. The number of amides is 3. The lowest BCUT2D eigenvalue weighted by atomic mass is 9.81. The number of rotatable bonds is 4. The van der Waals surface area contributed by atoms with Gasteiger partial charge in [0.05, 0.1) is 17.5 Å². The second kappa shape index (κ2) is 7.58. The quantitative estimate of drug-likeness (QED) is 0.814. The molecule has 1 aliphatic carbocycles. The fraction of sp³-hybridized carbons (Fsp3) is 0.348. The topological polar surface area (TPSA) is 66.5 Å². The van der Waals surface area contributed by atoms with E-state index in [9.17, 15) is 14.4 Å². The maximum Gasteiger partial charge on any atom is 0.255 e. The van der Waals surface area contributed by atoms with Crippen LogP contribution in [0.1, 0.15) is 48.5 Å². The van der Waals surface area contributed by atoms with Gasteiger partial charge in [0.1, 0.15) is 0 Å². The molecule has 2 aromatic carbocycles. The number of fused-ring (bicyclic) bond motifs is 1. The van der Waals surface area contributed by atoms with E-state index in [1.807, 2.05) is 31.2 Å². The predicted octanol–water partition coefficient (Wildman–Crippen LogP) is 4.18. The molecule has 0 aromatic heterocycles. The lowest BCUT2D eigenvalue weighted by Crippen LogP contribution is -2.31. The summed E-state index contributed by atoms with van der Waals surface area (Å²) in [5, 5.41) is 2.94. The summed E-state index contributed by atoms with van der Waals surface area (Å²) < 4.78 is 0. The molecule has 4 rings (SSSR count). The van der Waals surface area contributed by atoms with Crippen molar-refractivity contribution in [1.29, 1.82) is 0 Å². The van der Waals surface area contributed by atoms with E-state index in [-0.39, 0.29) is 29.6 Å². The lowest BCUT2D eigenvalue weighted by molar-refractivity contribution is -0.122. The Kier molecular flexibility index (Phi) is 4.99. The number of hydrogen-bond donors (Lipinski definition) is 1. The Bertz CT molecular complexity index is 913. The van der Waals surface area contributed by atoms with Crippen molar-refractivity contribution >= 4 is 29.1 Å². The molecule has 0 radical (unpaired) electrons. The van der Waals surface area contributed by atoms with Crippen LogP contribution in [0.25, 0.3) is 0 Å². The molecule has 144 valence electrons. The first-order valence-corrected chi connectivity index (χ1v) is 9.97. The van der Waals surface area contributed by atoms with Crippen molar-refractivity contribution in [3.8, 4) is 0 Å². The number of nitrogens with one attached hydrogen (secondary N) is 1. The van der Waals surface area contributed by atoms with Gasteiger partial charge < -0.3 is 5.32 Å². The molecule has 5 heteroatoms. The first kappa shape index (κ1) is 18.4. The van der Waals surface area contributed by atoms with Crippen molar-refractivity contribution in [1.82, 2.24) is 0 Å². The zero-order chi connectivity index (χ0) is 19.7. The number of carbonyl (C=O) groups excluding carboxylic acids is 3. The lowest BCUT2D eigenvalue weighted by Gasteiger charge is -2.19. The molecule has 2 aliphatic rings. The molecule has 0 spiro atoms. The minimum Gasteiger partial charge on any atom is -0.322 e. The van der Waals surface area contributed by atoms with Gasteiger partial charge in [0, 0.05) is 11.3 Å². The first-order valence-electron chi connectivity index (χ1n) is 9.97. The van der Waals surface area contributed by atoms with Gasteiger partial charge in [0.25, 0.3) is 5.91 Å². The summed E-state index contributed by atoms with van der Waals surface area (Å²) in [4.78, 5) is 39.7. The molecule has 1 N–H and O–H groups in total. The number of anilines is 2. The summed E-state index contributed by atoms with van der Waals surface area (Å²) in [6.45, 7) is 2.04. The van der Waals surface area contributed by atoms with Gasteiger partial charge in [-0.15, -0.1) is 0 Å². The number of hydrogen-bond acceptors (Lipinski definition) is 3. The predicted molar refractivity (Wildman–Crippen MR) is 108 cm³/mol. The number of para-hydroxylation sites is 1. The van der Waals surface area contributed by atoms with Gasteiger partial charge in [-0.1, -0.05) is 44.0 Å². The second-order valence-corrected chi connectivity index (χ2v) is 7.52. The van der Waals surface area contributed by atoms with Crippen LogP contribution >= 0.6 is 0 Å². The Morgan fingerprint density at radius 3 is 2.36 bits per heavy atom. The van der Waals surface area contributed by atoms with E-state index in [4.69, 9.17) is 0 Å². The molecule has 3 amide bonds. The Hall–Kier alpha value is -2.95. The number of aryl methyl sites for hydroxylation is 1. The van der Waals surface area contributed by atoms with Crippen LogP contribution < -0.4 is 10.2 Å². The third kappa shape index (κ3) is 3.21. The molecule has 5 nitrogen and oxygen atoms in total. The standard InChI is InChI=1S/C23H24N2O3/c1-2-15-8-3-6-13-20(15)24-21(26)16-9-7-10-17(14-16)25-22(27)18-11-4-5-12-19(18)23(25)28/h3,6-10,13-14,18-19H,2,4-5,11-12H2,1H3,(H,24,26)/t18-,19-/m0/s1. The molecule has 28 heavy (non-hydrogen) atoms. The van der Waals surface area contributed by atoms with Crippen LogP contribution in [0.2, 0.25) is 0 Å². The van der Waals surface area contributed by atoms with Crippen LogP contribution in [0.3, 0.4) is 0 Å². The van der Waals surface area contributed by atoms with Crippen LogP contribution in [0.15, 0.2) is 48.5 Å². The zero-order valence-electron chi connectivity index (χ0n) is 16.0. The number of imide groups is 1. The van der Waals surface area contributed by atoms with Crippen molar-refractivity contribution in [3.05, 3.63) is 59.7 Å². The maximum absolute atomic E-state index is 12.8. The van der Waals surface area contributed by atoms with E-state index in [2.05, 4.69) is 5.32 Å². The van der Waals surface area contributed by atoms with Crippen molar-refractivity contribution in [3.63, 3.8) is 0 Å². The minimum absolute atomic E-state index is 0.122. The van der Waals surface area contributed by atoms with Crippen molar-refractivity contribution in [2.75, 3.05) is 10.2 Å². The summed E-state index contributed by atoms with van der Waals surface area (Å²) in [5.74, 6) is -0.892. The molecule has 2 atom stereocenters. The minimum atomic E-state index is -0.251. The van der Waals surface area contributed by atoms with Crippen LogP contribution in [-0.4, -0.2) is 17.7 Å². The van der Waals surface area contributed by atoms with Crippen molar-refractivity contribution < 1.29 is 14.4 Å². The summed E-state index contributed by atoms with van der Waals surface area (Å²) in [7, 11) is 0. The van der Waals surface area contributed by atoms with Crippen LogP contribution in [0.5, 0.6) is 0 Å². The average molecular weight is 376 g/mol. The van der Waals surface area contributed by atoms with Crippen molar-refractivity contribution in [2.24, 2.45) is 11.8 Å². The molecule has 2 fully saturated rings. The molecule has 1 aliphatic heterocycles. The summed E-state index contributed by atoms with van der Waals surface area (Å²) in [6.07, 6.45) is 4.36. The number of benzene rings is 2. The van der Waals surface area contributed by atoms with Gasteiger partial charge in [-0.2, -0.15) is 0 Å². The smallest absolute Gasteiger partial charge is 0.255 e. The van der Waals surface area contributed by atoms with Gasteiger partial charge in [0.2, 0.25) is 11.8 Å². The number of nitrogens with zero attached hydrogens (tertiary/aromatic N) is 1. The van der Waals surface area contributed by atoms with Gasteiger partial charge >= 0.3 is 0 Å². The van der Waals surface area contributed by atoms with E-state index in [0.717, 1.165) is 43.4 Å². The van der Waals surface area contributed by atoms with E-state index < -0.39 is 0 Å². The highest BCUT2D eigenvalue weighted by Gasteiger charge is 2.48. The van der Waals surface area contributed by atoms with Gasteiger partial charge in [0.15, 0.2) is 0 Å². The largest absolute Gasteiger partial charge is 0.322 e. The van der Waals surface area contributed by atoms with Crippen LogP contribution in [0, 0.1) is 11.8 Å². The highest BCUT2D eigenvalue weighted by atomic mass is 16.2. The summed E-state index contributed by atoms with van der Waals surface area (Å²) >= 11 is 0. The highest BCUT2D eigenvalue weighted by molar-refractivity contribution is 6.22. The van der Waals surface area contributed by atoms with E-state index >= 15 is 0 Å². The molecular formula is C23H24N2O3. The van der Waals surface area contributed by atoms with Gasteiger partial charge in [-0.05, 0) is 49.1 Å². The molecule has 2 aromatic rings. The molecule has 0 unspecified atom stereocenters. The Morgan fingerprint density at radius 2 is 1.68 bits per heavy atom. The van der Waals surface area contributed by atoms with E-state index in [1.54, 1.807) is 24.3 Å². The third-order valence-corrected chi connectivity index (χ3v) is 5.85. The Morgan fingerprint density at radius 1 is 1.00 bits per heavy atom. The van der Waals surface area contributed by atoms with Gasteiger partial charge in [-0.25, -0.2) is 0 Å². The molecular weight excluding hydrogens is 352 g/mol. The first-order chi connectivity index (χ1) is 13.6. The molecule has 1 heterocycles. The molecule has 1 saturated carbocycles. The highest BCUT2D eigenvalue weighted by Crippen LogP contribution is 2.40. The second-order valence-electron chi connectivity index (χ2n) is 7.52. The fourth-order valence-electron chi connectivity index (χ4n) is 4.35. The number of carbonyl (C=O) groups is 3. The van der Waals surface area contributed by atoms with Crippen molar-refractivity contribution in [2.45, 2.75) is 39.0 Å². The Balaban J connectivity index is 1.59.